The molecule has 100 valence electrons. The van der Waals surface area contributed by atoms with Crippen LogP contribution in [-0.4, -0.2) is 41.7 Å². The molecule has 1 saturated heterocycles. The minimum Gasteiger partial charge on any atom is -0.377 e. The molecule has 2 rings (SSSR count). The predicted octanol–water partition coefficient (Wildman–Crippen LogP) is 0.850. The van der Waals surface area contributed by atoms with Gasteiger partial charge < -0.3 is 15.1 Å². The Kier molecular flexibility index (Phi) is 4.62. The standard InChI is InChI=1S/C11H19N5OS/c1-16(8-3-4-18-7-8)11-5-9(15-12)13-10(14-11)6-17-2/h5,8H,3-4,6-7,12H2,1-2H3,(H,13,14,15). The van der Waals surface area contributed by atoms with Crippen LogP contribution in [-0.2, 0) is 11.3 Å². The molecule has 1 unspecified atom stereocenters. The van der Waals surface area contributed by atoms with Crippen LogP contribution in [0.5, 0.6) is 0 Å². The molecule has 0 bridgehead atoms. The van der Waals surface area contributed by atoms with Crippen LogP contribution in [0, 0.1) is 0 Å². The molecular formula is C11H19N5OS. The average molecular weight is 269 g/mol. The zero-order valence-corrected chi connectivity index (χ0v) is 11.5. The molecule has 7 heteroatoms. The number of nitrogen functional groups attached to an aromatic ring is 1. The molecule has 1 fully saturated rings. The van der Waals surface area contributed by atoms with Gasteiger partial charge in [0.2, 0.25) is 0 Å². The van der Waals surface area contributed by atoms with E-state index in [4.69, 9.17) is 10.6 Å². The highest BCUT2D eigenvalue weighted by Gasteiger charge is 2.21. The van der Waals surface area contributed by atoms with Crippen molar-refractivity contribution < 1.29 is 4.74 Å². The van der Waals surface area contributed by atoms with E-state index in [0.29, 0.717) is 24.3 Å². The Morgan fingerprint density at radius 2 is 2.44 bits per heavy atom. The number of anilines is 2. The predicted molar refractivity (Wildman–Crippen MR) is 74.7 cm³/mol. The molecular weight excluding hydrogens is 250 g/mol. The number of thioether (sulfide) groups is 1. The molecule has 0 saturated carbocycles. The van der Waals surface area contributed by atoms with Crippen LogP contribution in [0.3, 0.4) is 0 Å². The third-order valence-electron chi connectivity index (χ3n) is 2.99. The van der Waals surface area contributed by atoms with Gasteiger partial charge in [0.25, 0.3) is 0 Å². The van der Waals surface area contributed by atoms with Crippen molar-refractivity contribution in [2.24, 2.45) is 5.84 Å². The second-order valence-corrected chi connectivity index (χ2v) is 5.38. The molecule has 0 aliphatic carbocycles. The minimum absolute atomic E-state index is 0.385. The van der Waals surface area contributed by atoms with Crippen LogP contribution in [0.4, 0.5) is 11.6 Å². The van der Waals surface area contributed by atoms with E-state index >= 15 is 0 Å². The van der Waals surface area contributed by atoms with Crippen LogP contribution in [0.2, 0.25) is 0 Å². The maximum Gasteiger partial charge on any atom is 0.158 e. The highest BCUT2D eigenvalue weighted by molar-refractivity contribution is 7.99. The van der Waals surface area contributed by atoms with Gasteiger partial charge in [-0.1, -0.05) is 0 Å². The number of hydrazine groups is 1. The van der Waals surface area contributed by atoms with Crippen molar-refractivity contribution in [1.29, 1.82) is 0 Å². The smallest absolute Gasteiger partial charge is 0.158 e. The largest absolute Gasteiger partial charge is 0.377 e. The van der Waals surface area contributed by atoms with E-state index < -0.39 is 0 Å². The lowest BCUT2D eigenvalue weighted by molar-refractivity contribution is 0.178. The van der Waals surface area contributed by atoms with Gasteiger partial charge in [0, 0.05) is 32.0 Å². The van der Waals surface area contributed by atoms with Crippen LogP contribution >= 0.6 is 11.8 Å². The van der Waals surface area contributed by atoms with E-state index in [9.17, 15) is 0 Å². The third kappa shape index (κ3) is 3.04. The van der Waals surface area contributed by atoms with Crippen LogP contribution in [0.15, 0.2) is 6.07 Å². The Balaban J connectivity index is 2.21. The Bertz CT molecular complexity index is 397. The topological polar surface area (TPSA) is 76.3 Å². The van der Waals surface area contributed by atoms with Crippen LogP contribution in [0.25, 0.3) is 0 Å². The number of rotatable bonds is 5. The fourth-order valence-electron chi connectivity index (χ4n) is 1.95. The highest BCUT2D eigenvalue weighted by atomic mass is 32.2. The fourth-order valence-corrected chi connectivity index (χ4v) is 3.21. The molecule has 0 amide bonds. The number of hydrogen-bond acceptors (Lipinski definition) is 7. The van der Waals surface area contributed by atoms with Gasteiger partial charge >= 0.3 is 0 Å². The van der Waals surface area contributed by atoms with Crippen molar-refractivity contribution in [2.75, 3.05) is 36.0 Å². The summed E-state index contributed by atoms with van der Waals surface area (Å²) < 4.78 is 5.07. The summed E-state index contributed by atoms with van der Waals surface area (Å²) in [4.78, 5) is 10.9. The normalized spacial score (nSPS) is 18.9. The Labute approximate surface area is 111 Å². The second kappa shape index (κ2) is 6.21. The number of aromatic nitrogens is 2. The van der Waals surface area contributed by atoms with E-state index in [2.05, 4.69) is 27.3 Å². The Morgan fingerprint density at radius 1 is 1.61 bits per heavy atom. The molecule has 6 nitrogen and oxygen atoms in total. The van der Waals surface area contributed by atoms with Gasteiger partial charge in [-0.3, -0.25) is 0 Å². The number of methoxy groups -OCH3 is 1. The molecule has 1 aliphatic heterocycles. The second-order valence-electron chi connectivity index (χ2n) is 4.23. The van der Waals surface area contributed by atoms with Gasteiger partial charge in [0.05, 0.1) is 0 Å². The van der Waals surface area contributed by atoms with Gasteiger partial charge in [-0.2, -0.15) is 11.8 Å². The molecule has 0 radical (unpaired) electrons. The van der Waals surface area contributed by atoms with Crippen LogP contribution in [0.1, 0.15) is 12.2 Å². The first kappa shape index (κ1) is 13.4. The van der Waals surface area contributed by atoms with Crippen molar-refractivity contribution in [3.63, 3.8) is 0 Å². The molecule has 0 aromatic carbocycles. The van der Waals surface area contributed by atoms with Crippen molar-refractivity contribution in [3.05, 3.63) is 11.9 Å². The van der Waals surface area contributed by atoms with Crippen molar-refractivity contribution >= 4 is 23.4 Å². The number of hydrogen-bond donors (Lipinski definition) is 2. The first-order chi connectivity index (χ1) is 8.74. The van der Waals surface area contributed by atoms with Crippen molar-refractivity contribution in [1.82, 2.24) is 9.97 Å². The molecule has 1 aromatic rings. The summed E-state index contributed by atoms with van der Waals surface area (Å²) in [7, 11) is 3.69. The molecule has 1 atom stereocenters. The molecule has 1 aromatic heterocycles. The lowest BCUT2D eigenvalue weighted by Gasteiger charge is -2.25. The van der Waals surface area contributed by atoms with E-state index in [1.54, 1.807) is 7.11 Å². The van der Waals surface area contributed by atoms with Gasteiger partial charge in [0.15, 0.2) is 5.82 Å². The summed E-state index contributed by atoms with van der Waals surface area (Å²) in [6.07, 6.45) is 1.19. The average Bonchev–Trinajstić information content (AvgIpc) is 2.91. The lowest BCUT2D eigenvalue weighted by Crippen LogP contribution is -2.32. The zero-order valence-electron chi connectivity index (χ0n) is 10.7. The van der Waals surface area contributed by atoms with Crippen molar-refractivity contribution in [2.45, 2.75) is 19.1 Å². The van der Waals surface area contributed by atoms with E-state index in [0.717, 1.165) is 11.6 Å². The molecule has 3 N–H and O–H groups in total. The number of nitrogens with zero attached hydrogens (tertiary/aromatic N) is 3. The Morgan fingerprint density at radius 3 is 3.06 bits per heavy atom. The van der Waals surface area contributed by atoms with Gasteiger partial charge in [0.1, 0.15) is 18.2 Å². The van der Waals surface area contributed by atoms with Crippen LogP contribution < -0.4 is 16.2 Å². The van der Waals surface area contributed by atoms with E-state index in [1.807, 2.05) is 17.8 Å². The van der Waals surface area contributed by atoms with E-state index in [-0.39, 0.29) is 0 Å². The monoisotopic (exact) mass is 269 g/mol. The number of nitrogens with one attached hydrogen (secondary N) is 1. The van der Waals surface area contributed by atoms with E-state index in [1.165, 1.54) is 12.2 Å². The van der Waals surface area contributed by atoms with Gasteiger partial charge in [-0.15, -0.1) is 0 Å². The summed E-state index contributed by atoms with van der Waals surface area (Å²) in [5.74, 6) is 9.93. The quantitative estimate of drug-likeness (QED) is 0.606. The lowest BCUT2D eigenvalue weighted by atomic mass is 10.2. The van der Waals surface area contributed by atoms with Crippen molar-refractivity contribution in [3.8, 4) is 0 Å². The number of ether oxygens (including phenoxy) is 1. The summed E-state index contributed by atoms with van der Waals surface area (Å²) in [5.41, 5.74) is 2.57. The molecule has 1 aliphatic rings. The summed E-state index contributed by atoms with van der Waals surface area (Å²) in [6.45, 7) is 0.385. The molecule has 2 heterocycles. The first-order valence-electron chi connectivity index (χ1n) is 5.88. The maximum atomic E-state index is 5.43. The summed E-state index contributed by atoms with van der Waals surface area (Å²) >= 11 is 1.98. The highest BCUT2D eigenvalue weighted by Crippen LogP contribution is 2.25. The number of nitrogens with two attached hydrogens (primary N) is 1. The molecule has 0 spiro atoms. The minimum atomic E-state index is 0.385. The molecule has 18 heavy (non-hydrogen) atoms. The Hall–Kier alpha value is -1.05. The maximum absolute atomic E-state index is 5.43. The van der Waals surface area contributed by atoms with Gasteiger partial charge in [-0.25, -0.2) is 15.8 Å². The summed E-state index contributed by atoms with van der Waals surface area (Å²) in [5, 5.41) is 0. The first-order valence-corrected chi connectivity index (χ1v) is 7.04. The fraction of sp³-hybridized carbons (Fsp3) is 0.636. The summed E-state index contributed by atoms with van der Waals surface area (Å²) in [6, 6.07) is 2.40. The SMILES string of the molecule is COCc1nc(NN)cc(N(C)C2CCSC2)n1. The third-order valence-corrected chi connectivity index (χ3v) is 4.14. The van der Waals surface area contributed by atoms with Gasteiger partial charge in [-0.05, 0) is 12.2 Å². The zero-order chi connectivity index (χ0) is 13.0.